The predicted molar refractivity (Wildman–Crippen MR) is 133 cm³/mol. The largest absolute Gasteiger partial charge is 0.484 e. The average Bonchev–Trinajstić information content (AvgIpc) is 2.79. The van der Waals surface area contributed by atoms with Gasteiger partial charge >= 0.3 is 0 Å². The molecule has 0 unspecified atom stereocenters. The molecule has 178 valence electrons. The third kappa shape index (κ3) is 7.12. The highest BCUT2D eigenvalue weighted by Crippen LogP contribution is 2.26. The number of ether oxygens (including phenoxy) is 1. The first-order valence-electron chi connectivity index (χ1n) is 11.5. The third-order valence-corrected chi connectivity index (χ3v) is 6.96. The van der Waals surface area contributed by atoms with Crippen molar-refractivity contribution in [2.45, 2.75) is 71.5 Å². The Labute approximate surface area is 206 Å². The van der Waals surface area contributed by atoms with Gasteiger partial charge in [-0.1, -0.05) is 54.6 Å². The van der Waals surface area contributed by atoms with E-state index in [9.17, 15) is 9.59 Å². The summed E-state index contributed by atoms with van der Waals surface area (Å²) in [6.07, 6.45) is 5.43. The molecule has 0 radical (unpaired) electrons. The van der Waals surface area contributed by atoms with Crippen molar-refractivity contribution in [1.29, 1.82) is 0 Å². The number of aryl methyl sites for hydroxylation is 2. The lowest BCUT2D eigenvalue weighted by molar-refractivity contribution is -0.142. The van der Waals surface area contributed by atoms with Gasteiger partial charge in [0.05, 0.1) is 0 Å². The summed E-state index contributed by atoms with van der Waals surface area (Å²) in [5.74, 6) is 0.159. The van der Waals surface area contributed by atoms with Gasteiger partial charge in [0.15, 0.2) is 6.61 Å². The number of nitrogens with one attached hydrogen (secondary N) is 1. The van der Waals surface area contributed by atoms with E-state index in [0.29, 0.717) is 15.8 Å². The molecule has 1 atom stereocenters. The van der Waals surface area contributed by atoms with Crippen molar-refractivity contribution in [2.24, 2.45) is 0 Å². The highest BCUT2D eigenvalue weighted by Gasteiger charge is 2.28. The van der Waals surface area contributed by atoms with E-state index in [1.54, 1.807) is 24.0 Å². The predicted octanol–water partition coefficient (Wildman–Crippen LogP) is 5.86. The van der Waals surface area contributed by atoms with Crippen LogP contribution in [0.15, 0.2) is 36.4 Å². The number of rotatable bonds is 8. The van der Waals surface area contributed by atoms with Gasteiger partial charge in [-0.2, -0.15) is 0 Å². The molecule has 0 spiro atoms. The van der Waals surface area contributed by atoms with Gasteiger partial charge in [0.25, 0.3) is 5.91 Å². The number of carbonyl (C=O) groups excluding carboxylic acids is 2. The second-order valence-electron chi connectivity index (χ2n) is 8.83. The normalized spacial score (nSPS) is 15.1. The van der Waals surface area contributed by atoms with Crippen molar-refractivity contribution in [1.82, 2.24) is 10.2 Å². The van der Waals surface area contributed by atoms with Crippen molar-refractivity contribution in [3.8, 4) is 5.75 Å². The fourth-order valence-electron chi connectivity index (χ4n) is 4.20. The van der Waals surface area contributed by atoms with Gasteiger partial charge in [0.2, 0.25) is 5.91 Å². The summed E-state index contributed by atoms with van der Waals surface area (Å²) in [6, 6.07) is 10.5. The van der Waals surface area contributed by atoms with Crippen molar-refractivity contribution in [3.05, 3.63) is 63.1 Å². The van der Waals surface area contributed by atoms with Crippen LogP contribution in [0.3, 0.4) is 0 Å². The number of nitrogens with zero attached hydrogens (tertiary/aromatic N) is 1. The first-order chi connectivity index (χ1) is 15.7. The molecule has 7 heteroatoms. The minimum atomic E-state index is -0.643. The Bertz CT molecular complexity index is 966. The minimum absolute atomic E-state index is 0.143. The van der Waals surface area contributed by atoms with Crippen LogP contribution in [-0.4, -0.2) is 35.4 Å². The Morgan fingerprint density at radius 1 is 1.09 bits per heavy atom. The summed E-state index contributed by atoms with van der Waals surface area (Å²) >= 11 is 12.4. The van der Waals surface area contributed by atoms with E-state index in [2.05, 4.69) is 5.32 Å². The van der Waals surface area contributed by atoms with Crippen LogP contribution in [0.1, 0.15) is 55.7 Å². The van der Waals surface area contributed by atoms with Crippen molar-refractivity contribution in [2.75, 3.05) is 6.61 Å². The summed E-state index contributed by atoms with van der Waals surface area (Å²) in [5.41, 5.74) is 2.62. The van der Waals surface area contributed by atoms with Gasteiger partial charge in [0, 0.05) is 22.6 Å². The molecule has 0 bridgehead atoms. The minimum Gasteiger partial charge on any atom is -0.484 e. The summed E-state index contributed by atoms with van der Waals surface area (Å²) in [5, 5.41) is 4.40. The number of hydrogen-bond acceptors (Lipinski definition) is 3. The van der Waals surface area contributed by atoms with Gasteiger partial charge in [-0.05, 0) is 74.6 Å². The Balaban J connectivity index is 1.73. The maximum atomic E-state index is 13.2. The van der Waals surface area contributed by atoms with E-state index in [-0.39, 0.29) is 31.0 Å². The quantitative estimate of drug-likeness (QED) is 0.504. The van der Waals surface area contributed by atoms with E-state index in [1.165, 1.54) is 6.42 Å². The monoisotopic (exact) mass is 490 g/mol. The van der Waals surface area contributed by atoms with E-state index < -0.39 is 6.04 Å². The summed E-state index contributed by atoms with van der Waals surface area (Å²) in [7, 11) is 0. The fraction of sp³-hybridized carbons (Fsp3) is 0.462. The van der Waals surface area contributed by atoms with E-state index in [0.717, 1.165) is 42.4 Å². The lowest BCUT2D eigenvalue weighted by atomic mass is 9.95. The molecule has 2 amide bonds. The van der Waals surface area contributed by atoms with Crippen LogP contribution in [0.25, 0.3) is 0 Å². The van der Waals surface area contributed by atoms with E-state index >= 15 is 0 Å². The molecule has 1 fully saturated rings. The molecule has 0 aromatic heterocycles. The Morgan fingerprint density at radius 3 is 2.39 bits per heavy atom. The molecule has 5 nitrogen and oxygen atoms in total. The molecule has 0 saturated heterocycles. The number of benzene rings is 2. The van der Waals surface area contributed by atoms with Crippen LogP contribution in [0, 0.1) is 13.8 Å². The molecule has 0 heterocycles. The molecule has 2 aromatic carbocycles. The Hall–Kier alpha value is -2.24. The molecule has 1 saturated carbocycles. The van der Waals surface area contributed by atoms with Crippen LogP contribution in [0.2, 0.25) is 10.0 Å². The van der Waals surface area contributed by atoms with Crippen LogP contribution in [0.5, 0.6) is 5.75 Å². The van der Waals surface area contributed by atoms with Crippen LogP contribution >= 0.6 is 23.2 Å². The van der Waals surface area contributed by atoms with Gasteiger partial charge in [-0.25, -0.2) is 0 Å². The second kappa shape index (κ2) is 11.8. The summed E-state index contributed by atoms with van der Waals surface area (Å²) < 4.78 is 5.80. The third-order valence-electron chi connectivity index (χ3n) is 6.13. The van der Waals surface area contributed by atoms with Gasteiger partial charge in [-0.3, -0.25) is 9.59 Å². The fourth-order valence-corrected chi connectivity index (χ4v) is 4.52. The first-order valence-corrected chi connectivity index (χ1v) is 12.2. The summed E-state index contributed by atoms with van der Waals surface area (Å²) in [6.45, 7) is 5.64. The van der Waals surface area contributed by atoms with E-state index in [1.807, 2.05) is 38.1 Å². The number of amides is 2. The molecule has 1 N–H and O–H groups in total. The molecule has 1 aliphatic carbocycles. The van der Waals surface area contributed by atoms with E-state index in [4.69, 9.17) is 27.9 Å². The SMILES string of the molecule is Cc1cc(OCC(=O)N(Cc2cccc(Cl)c2)[C@H](C)C(=O)NC2CCCCC2)cc(C)c1Cl. The van der Waals surface area contributed by atoms with Gasteiger partial charge < -0.3 is 15.0 Å². The molecule has 2 aromatic rings. The Kier molecular flexibility index (Phi) is 9.04. The van der Waals surface area contributed by atoms with Crippen molar-refractivity contribution in [3.63, 3.8) is 0 Å². The molecule has 1 aliphatic rings. The van der Waals surface area contributed by atoms with Crippen molar-refractivity contribution < 1.29 is 14.3 Å². The summed E-state index contributed by atoms with van der Waals surface area (Å²) in [4.78, 5) is 27.8. The molecule has 33 heavy (non-hydrogen) atoms. The van der Waals surface area contributed by atoms with Crippen LogP contribution in [0.4, 0.5) is 0 Å². The molecular weight excluding hydrogens is 459 g/mol. The van der Waals surface area contributed by atoms with Crippen LogP contribution < -0.4 is 10.1 Å². The maximum absolute atomic E-state index is 13.2. The zero-order valence-corrected chi connectivity index (χ0v) is 21.0. The zero-order valence-electron chi connectivity index (χ0n) is 19.5. The number of hydrogen-bond donors (Lipinski definition) is 1. The smallest absolute Gasteiger partial charge is 0.261 e. The van der Waals surface area contributed by atoms with Gasteiger partial charge in [-0.15, -0.1) is 0 Å². The van der Waals surface area contributed by atoms with Gasteiger partial charge in [0.1, 0.15) is 11.8 Å². The Morgan fingerprint density at radius 2 is 1.76 bits per heavy atom. The molecule has 0 aliphatic heterocycles. The van der Waals surface area contributed by atoms with Crippen molar-refractivity contribution >= 4 is 35.0 Å². The zero-order chi connectivity index (χ0) is 24.0. The first kappa shape index (κ1) is 25.4. The highest BCUT2D eigenvalue weighted by atomic mass is 35.5. The highest BCUT2D eigenvalue weighted by molar-refractivity contribution is 6.32. The number of halogens is 2. The lowest BCUT2D eigenvalue weighted by Gasteiger charge is -2.31. The standard InChI is InChI=1S/C26H32Cl2N2O3/c1-17-12-23(13-18(2)25(17)28)33-16-24(31)30(15-20-8-7-9-21(27)14-20)19(3)26(32)29-22-10-5-4-6-11-22/h7-9,12-14,19,22H,4-6,10-11,15-16H2,1-3H3,(H,29,32)/t19-/m1/s1. The average molecular weight is 491 g/mol. The number of carbonyl (C=O) groups is 2. The lowest BCUT2D eigenvalue weighted by Crippen LogP contribution is -2.51. The maximum Gasteiger partial charge on any atom is 0.261 e. The van der Waals surface area contributed by atoms with Crippen LogP contribution in [-0.2, 0) is 16.1 Å². The topological polar surface area (TPSA) is 58.6 Å². The molecule has 3 rings (SSSR count). The molecular formula is C26H32Cl2N2O3. The second-order valence-corrected chi connectivity index (χ2v) is 9.65.